The van der Waals surface area contributed by atoms with Crippen molar-refractivity contribution >= 4 is 11.7 Å². The van der Waals surface area contributed by atoms with E-state index >= 15 is 0 Å². The summed E-state index contributed by atoms with van der Waals surface area (Å²) in [4.78, 5) is 12.0. The molecule has 2 rings (SSSR count). The second-order valence-electron chi connectivity index (χ2n) is 4.37. The Labute approximate surface area is 117 Å². The molecule has 0 atom stereocenters. The van der Waals surface area contributed by atoms with Gasteiger partial charge in [0.2, 0.25) is 0 Å². The summed E-state index contributed by atoms with van der Waals surface area (Å²) < 4.78 is 12.1. The minimum absolute atomic E-state index is 0.290. The molecule has 0 aliphatic heterocycles. The fourth-order valence-corrected chi connectivity index (χ4v) is 1.82. The van der Waals surface area contributed by atoms with Crippen LogP contribution in [0.25, 0.3) is 0 Å². The van der Waals surface area contributed by atoms with Crippen LogP contribution in [0.1, 0.15) is 15.9 Å². The molecule has 20 heavy (non-hydrogen) atoms. The van der Waals surface area contributed by atoms with Crippen molar-refractivity contribution in [1.82, 2.24) is 9.78 Å². The van der Waals surface area contributed by atoms with Gasteiger partial charge in [-0.05, 0) is 17.7 Å². The van der Waals surface area contributed by atoms with Gasteiger partial charge in [0, 0.05) is 31.4 Å². The smallest absolute Gasteiger partial charge is 0.341 e. The largest absolute Gasteiger partial charge is 0.496 e. The average Bonchev–Trinajstić information content (AvgIpc) is 2.84. The van der Waals surface area contributed by atoms with Gasteiger partial charge in [0.25, 0.3) is 0 Å². The molecule has 1 aromatic carbocycles. The van der Waals surface area contributed by atoms with Crippen LogP contribution in [-0.4, -0.2) is 29.5 Å². The lowest BCUT2D eigenvalue weighted by molar-refractivity contribution is 0.0505. The van der Waals surface area contributed by atoms with Crippen molar-refractivity contribution in [3.63, 3.8) is 0 Å². The number of aryl methyl sites for hydroxylation is 1. The molecule has 0 fully saturated rings. The number of esters is 1. The van der Waals surface area contributed by atoms with Gasteiger partial charge < -0.3 is 15.2 Å². The average molecular weight is 275 g/mol. The summed E-state index contributed by atoms with van der Waals surface area (Å²) in [5.41, 5.74) is 7.56. The number of methoxy groups -OCH3 is 1. The number of nitrogens with two attached hydrogens (primary N) is 1. The summed E-state index contributed by atoms with van der Waals surface area (Å²) >= 11 is 0. The molecule has 0 saturated heterocycles. The molecule has 2 aromatic rings. The first-order valence-electron chi connectivity index (χ1n) is 6.18. The predicted octanol–water partition coefficient (Wildman–Crippen LogP) is 1.41. The van der Waals surface area contributed by atoms with Crippen molar-refractivity contribution in [3.05, 3.63) is 41.7 Å². The topological polar surface area (TPSA) is 79.4 Å². The summed E-state index contributed by atoms with van der Waals surface area (Å²) in [7, 11) is 3.33. The minimum atomic E-state index is -0.425. The maximum absolute atomic E-state index is 12.0. The molecule has 1 heterocycles. The van der Waals surface area contributed by atoms with Crippen LogP contribution >= 0.6 is 0 Å². The van der Waals surface area contributed by atoms with Crippen molar-refractivity contribution in [2.45, 2.75) is 6.42 Å². The summed E-state index contributed by atoms with van der Waals surface area (Å²) in [6.07, 6.45) is 4.26. The maximum atomic E-state index is 12.0. The van der Waals surface area contributed by atoms with Crippen molar-refractivity contribution in [3.8, 4) is 5.75 Å². The molecule has 0 saturated carbocycles. The molecule has 1 aromatic heterocycles. The van der Waals surface area contributed by atoms with E-state index in [1.165, 1.54) is 7.11 Å². The molecule has 6 heteroatoms. The first-order valence-corrected chi connectivity index (χ1v) is 6.18. The molecule has 6 nitrogen and oxygen atoms in total. The third-order valence-electron chi connectivity index (χ3n) is 2.83. The Kier molecular flexibility index (Phi) is 4.24. The van der Waals surface area contributed by atoms with E-state index in [9.17, 15) is 4.79 Å². The normalized spacial score (nSPS) is 10.3. The SMILES string of the molecule is COc1cc(N)ccc1C(=O)OCCc1cnn(C)c1. The number of rotatable bonds is 5. The quantitative estimate of drug-likeness (QED) is 0.659. The zero-order chi connectivity index (χ0) is 14.5. The fourth-order valence-electron chi connectivity index (χ4n) is 1.82. The van der Waals surface area contributed by atoms with Crippen molar-refractivity contribution in [1.29, 1.82) is 0 Å². The number of hydrogen-bond donors (Lipinski definition) is 1. The lowest BCUT2D eigenvalue weighted by atomic mass is 10.2. The highest BCUT2D eigenvalue weighted by molar-refractivity contribution is 5.93. The summed E-state index contributed by atoms with van der Waals surface area (Å²) in [5.74, 6) is -0.0119. The minimum Gasteiger partial charge on any atom is -0.496 e. The van der Waals surface area contributed by atoms with Crippen molar-refractivity contribution < 1.29 is 14.3 Å². The number of ether oxygens (including phenoxy) is 2. The second kappa shape index (κ2) is 6.10. The Balaban J connectivity index is 1.95. The summed E-state index contributed by atoms with van der Waals surface area (Å²) in [6.45, 7) is 0.290. The van der Waals surface area contributed by atoms with Gasteiger partial charge in [0.15, 0.2) is 0 Å². The van der Waals surface area contributed by atoms with E-state index in [1.54, 1.807) is 29.1 Å². The lowest BCUT2D eigenvalue weighted by Gasteiger charge is -2.09. The van der Waals surface area contributed by atoms with Crippen LogP contribution in [0.2, 0.25) is 0 Å². The second-order valence-corrected chi connectivity index (χ2v) is 4.37. The highest BCUT2D eigenvalue weighted by Gasteiger charge is 2.13. The number of carbonyl (C=O) groups is 1. The molecule has 0 radical (unpaired) electrons. The van der Waals surface area contributed by atoms with Gasteiger partial charge in [-0.15, -0.1) is 0 Å². The van der Waals surface area contributed by atoms with E-state index in [-0.39, 0.29) is 6.61 Å². The zero-order valence-electron chi connectivity index (χ0n) is 11.5. The Bertz CT molecular complexity index is 607. The molecule has 0 spiro atoms. The van der Waals surface area contributed by atoms with E-state index in [0.29, 0.717) is 23.4 Å². The van der Waals surface area contributed by atoms with E-state index in [0.717, 1.165) is 5.56 Å². The van der Waals surface area contributed by atoms with Crippen LogP contribution in [0.5, 0.6) is 5.75 Å². The molecule has 0 bridgehead atoms. The molecule has 0 aliphatic carbocycles. The Morgan fingerprint density at radius 1 is 1.45 bits per heavy atom. The van der Waals surface area contributed by atoms with E-state index < -0.39 is 5.97 Å². The van der Waals surface area contributed by atoms with Gasteiger partial charge >= 0.3 is 5.97 Å². The third kappa shape index (κ3) is 3.28. The molecule has 0 amide bonds. The number of anilines is 1. The molecule has 0 aliphatic rings. The number of carbonyl (C=O) groups excluding carboxylic acids is 1. The van der Waals surface area contributed by atoms with Gasteiger partial charge in [-0.3, -0.25) is 4.68 Å². The Morgan fingerprint density at radius 2 is 2.25 bits per heavy atom. The van der Waals surface area contributed by atoms with Crippen LogP contribution in [0, 0.1) is 0 Å². The number of aromatic nitrogens is 2. The standard InChI is InChI=1S/C14H17N3O3/c1-17-9-10(8-16-17)5-6-20-14(18)12-4-3-11(15)7-13(12)19-2/h3-4,7-9H,5-6,15H2,1-2H3. The highest BCUT2D eigenvalue weighted by Crippen LogP contribution is 2.22. The molecular weight excluding hydrogens is 258 g/mol. The van der Waals surface area contributed by atoms with Crippen LogP contribution in [0.4, 0.5) is 5.69 Å². The first kappa shape index (κ1) is 13.9. The number of hydrogen-bond acceptors (Lipinski definition) is 5. The van der Waals surface area contributed by atoms with Crippen molar-refractivity contribution in [2.24, 2.45) is 7.05 Å². The van der Waals surface area contributed by atoms with Gasteiger partial charge in [-0.2, -0.15) is 5.10 Å². The first-order chi connectivity index (χ1) is 9.60. The lowest BCUT2D eigenvalue weighted by Crippen LogP contribution is -2.09. The van der Waals surface area contributed by atoms with Crippen LogP contribution in [0.3, 0.4) is 0 Å². The van der Waals surface area contributed by atoms with Crippen LogP contribution in [0.15, 0.2) is 30.6 Å². The van der Waals surface area contributed by atoms with Gasteiger partial charge in [0.1, 0.15) is 11.3 Å². The molecule has 106 valence electrons. The maximum Gasteiger partial charge on any atom is 0.341 e. The predicted molar refractivity (Wildman–Crippen MR) is 74.6 cm³/mol. The number of nitrogens with zero attached hydrogens (tertiary/aromatic N) is 2. The van der Waals surface area contributed by atoms with Crippen LogP contribution < -0.4 is 10.5 Å². The van der Waals surface area contributed by atoms with Gasteiger partial charge in [-0.25, -0.2) is 4.79 Å². The van der Waals surface area contributed by atoms with Crippen LogP contribution in [-0.2, 0) is 18.2 Å². The fraction of sp³-hybridized carbons (Fsp3) is 0.286. The molecule has 2 N–H and O–H groups in total. The number of nitrogen functional groups attached to an aromatic ring is 1. The van der Waals surface area contributed by atoms with Gasteiger partial charge in [-0.1, -0.05) is 0 Å². The summed E-state index contributed by atoms with van der Waals surface area (Å²) in [6, 6.07) is 4.83. The number of benzene rings is 1. The van der Waals surface area contributed by atoms with E-state index in [4.69, 9.17) is 15.2 Å². The monoisotopic (exact) mass is 275 g/mol. The van der Waals surface area contributed by atoms with Gasteiger partial charge in [0.05, 0.1) is 19.9 Å². The molecule has 0 unspecified atom stereocenters. The molecular formula is C14H17N3O3. The summed E-state index contributed by atoms with van der Waals surface area (Å²) in [5, 5.41) is 4.05. The van der Waals surface area contributed by atoms with E-state index in [1.807, 2.05) is 13.2 Å². The van der Waals surface area contributed by atoms with E-state index in [2.05, 4.69) is 5.10 Å². The van der Waals surface area contributed by atoms with Crippen molar-refractivity contribution in [2.75, 3.05) is 19.5 Å². The Morgan fingerprint density at radius 3 is 2.90 bits per heavy atom. The highest BCUT2D eigenvalue weighted by atomic mass is 16.5. The zero-order valence-corrected chi connectivity index (χ0v) is 11.5. The Hall–Kier alpha value is -2.50. The third-order valence-corrected chi connectivity index (χ3v) is 2.83.